The van der Waals surface area contributed by atoms with Crippen LogP contribution >= 0.6 is 0 Å². The van der Waals surface area contributed by atoms with E-state index in [-0.39, 0.29) is 17.8 Å². The fourth-order valence-corrected chi connectivity index (χ4v) is 4.30. The summed E-state index contributed by atoms with van der Waals surface area (Å²) in [7, 11) is 1.54. The number of hydrogen-bond donors (Lipinski definition) is 2. The number of benzene rings is 3. The largest absolute Gasteiger partial charge is 0.507 e. The zero-order valence-corrected chi connectivity index (χ0v) is 21.4. The van der Waals surface area contributed by atoms with Crippen molar-refractivity contribution in [2.24, 2.45) is 5.92 Å². The van der Waals surface area contributed by atoms with Crippen molar-refractivity contribution >= 4 is 29.1 Å². The second kappa shape index (κ2) is 11.2. The monoisotopic (exact) mass is 515 g/mol. The van der Waals surface area contributed by atoms with Gasteiger partial charge in [-0.15, -0.1) is 0 Å². The third-order valence-corrected chi connectivity index (χ3v) is 6.14. The minimum Gasteiger partial charge on any atom is -0.507 e. The number of rotatable bonds is 9. The Hall–Kier alpha value is -4.59. The topological polar surface area (TPSA) is 113 Å². The van der Waals surface area contributed by atoms with Crippen molar-refractivity contribution in [2.75, 3.05) is 18.6 Å². The van der Waals surface area contributed by atoms with Crippen molar-refractivity contribution in [2.45, 2.75) is 26.3 Å². The van der Waals surface area contributed by atoms with Crippen LogP contribution in [0.25, 0.3) is 5.76 Å². The Balaban J connectivity index is 1.82. The van der Waals surface area contributed by atoms with Gasteiger partial charge in [0.1, 0.15) is 17.3 Å². The molecule has 0 radical (unpaired) electrons. The Labute approximate surface area is 220 Å². The van der Waals surface area contributed by atoms with Gasteiger partial charge in [0.25, 0.3) is 11.7 Å². The average molecular weight is 516 g/mol. The number of ether oxygens (including phenoxy) is 2. The maximum Gasteiger partial charge on any atom is 0.307 e. The van der Waals surface area contributed by atoms with E-state index in [2.05, 4.69) is 0 Å². The van der Waals surface area contributed by atoms with Crippen molar-refractivity contribution in [3.8, 4) is 11.5 Å². The van der Waals surface area contributed by atoms with E-state index in [1.807, 2.05) is 13.8 Å². The Kier molecular flexibility index (Phi) is 7.81. The summed E-state index contributed by atoms with van der Waals surface area (Å²) in [6.07, 6.45) is -0.170. The number of ketones is 1. The van der Waals surface area contributed by atoms with Crippen LogP contribution in [-0.2, 0) is 20.8 Å². The molecule has 1 atom stereocenters. The van der Waals surface area contributed by atoms with Gasteiger partial charge < -0.3 is 19.7 Å². The lowest BCUT2D eigenvalue weighted by Gasteiger charge is -2.25. The number of methoxy groups -OCH3 is 1. The third-order valence-electron chi connectivity index (χ3n) is 6.14. The SMILES string of the molecule is COc1ccc(C2/C(=C(/O)c3cccc(OCC(C)C)c3)C(=O)C(=O)N2c2ccc(CC(=O)O)cc2)cc1. The first-order valence-corrected chi connectivity index (χ1v) is 12.2. The van der Waals surface area contributed by atoms with Gasteiger partial charge in [0.2, 0.25) is 0 Å². The van der Waals surface area contributed by atoms with Gasteiger partial charge in [0.15, 0.2) is 0 Å². The van der Waals surface area contributed by atoms with Crippen LogP contribution in [0, 0.1) is 5.92 Å². The van der Waals surface area contributed by atoms with Crippen molar-refractivity contribution in [3.05, 3.63) is 95.1 Å². The normalized spacial score (nSPS) is 16.6. The van der Waals surface area contributed by atoms with E-state index in [0.717, 1.165) is 0 Å². The highest BCUT2D eigenvalue weighted by Gasteiger charge is 2.47. The minimum atomic E-state index is -0.976. The molecule has 0 saturated carbocycles. The van der Waals surface area contributed by atoms with E-state index < -0.39 is 23.7 Å². The minimum absolute atomic E-state index is 0.0595. The number of aliphatic hydroxyl groups excluding tert-OH is 1. The lowest BCUT2D eigenvalue weighted by atomic mass is 9.95. The van der Waals surface area contributed by atoms with Gasteiger partial charge in [-0.2, -0.15) is 0 Å². The Bertz CT molecular complexity index is 1370. The fraction of sp³-hybridized carbons (Fsp3) is 0.233. The van der Waals surface area contributed by atoms with Crippen molar-refractivity contribution < 1.29 is 34.1 Å². The summed E-state index contributed by atoms with van der Waals surface area (Å²) in [4.78, 5) is 39.1. The number of nitrogens with zero attached hydrogens (tertiary/aromatic N) is 1. The molecule has 1 aliphatic rings. The predicted octanol–water partition coefficient (Wildman–Crippen LogP) is 4.98. The molecule has 0 aromatic heterocycles. The standard InChI is InChI=1S/C30H29NO7/c1-18(2)17-38-24-6-4-5-21(16-24)28(34)26-27(20-9-13-23(37-3)14-10-20)31(30(36)29(26)35)22-11-7-19(8-12-22)15-25(32)33/h4-14,16,18,27,34H,15,17H2,1-3H3,(H,32,33)/b28-26-. The summed E-state index contributed by atoms with van der Waals surface area (Å²) in [5.41, 5.74) is 1.83. The van der Waals surface area contributed by atoms with Gasteiger partial charge in [-0.1, -0.05) is 50.2 Å². The van der Waals surface area contributed by atoms with Gasteiger partial charge in [-0.3, -0.25) is 19.3 Å². The summed E-state index contributed by atoms with van der Waals surface area (Å²) >= 11 is 0. The maximum atomic E-state index is 13.4. The second-order valence-electron chi connectivity index (χ2n) is 9.41. The molecule has 1 aliphatic heterocycles. The highest BCUT2D eigenvalue weighted by Crippen LogP contribution is 2.42. The number of aliphatic hydroxyl groups is 1. The summed E-state index contributed by atoms with van der Waals surface area (Å²) in [5, 5.41) is 20.5. The zero-order valence-electron chi connectivity index (χ0n) is 21.4. The molecule has 1 saturated heterocycles. The van der Waals surface area contributed by atoms with Crippen LogP contribution in [0.1, 0.15) is 36.6 Å². The highest BCUT2D eigenvalue weighted by atomic mass is 16.5. The molecule has 1 heterocycles. The Morgan fingerprint density at radius 2 is 1.63 bits per heavy atom. The number of Topliss-reactive ketones (excluding diaryl/α,β-unsaturated/α-hetero) is 1. The van der Waals surface area contributed by atoms with E-state index in [9.17, 15) is 19.5 Å². The molecular formula is C30H29NO7. The van der Waals surface area contributed by atoms with E-state index >= 15 is 0 Å². The van der Waals surface area contributed by atoms with Crippen LogP contribution in [0.2, 0.25) is 0 Å². The summed E-state index contributed by atoms with van der Waals surface area (Å²) in [5.74, 6) is -1.49. The molecule has 196 valence electrons. The molecule has 8 nitrogen and oxygen atoms in total. The summed E-state index contributed by atoms with van der Waals surface area (Å²) in [6, 6.07) is 19.1. The number of hydrogen-bond acceptors (Lipinski definition) is 6. The molecule has 0 aliphatic carbocycles. The Morgan fingerprint density at radius 3 is 2.24 bits per heavy atom. The van der Waals surface area contributed by atoms with Gasteiger partial charge in [0, 0.05) is 11.3 Å². The molecule has 1 fully saturated rings. The molecule has 4 rings (SSSR count). The van der Waals surface area contributed by atoms with Gasteiger partial charge in [-0.05, 0) is 53.4 Å². The highest BCUT2D eigenvalue weighted by molar-refractivity contribution is 6.51. The second-order valence-corrected chi connectivity index (χ2v) is 9.41. The Morgan fingerprint density at radius 1 is 0.947 bits per heavy atom. The van der Waals surface area contributed by atoms with Crippen LogP contribution in [0.5, 0.6) is 11.5 Å². The number of carbonyl (C=O) groups is 3. The van der Waals surface area contributed by atoms with Crippen LogP contribution in [0.4, 0.5) is 5.69 Å². The molecule has 38 heavy (non-hydrogen) atoms. The predicted molar refractivity (Wildman–Crippen MR) is 142 cm³/mol. The van der Waals surface area contributed by atoms with Crippen molar-refractivity contribution in [3.63, 3.8) is 0 Å². The molecule has 1 unspecified atom stereocenters. The fourth-order valence-electron chi connectivity index (χ4n) is 4.30. The molecule has 0 bridgehead atoms. The molecule has 3 aromatic rings. The first-order chi connectivity index (χ1) is 18.2. The van der Waals surface area contributed by atoms with Crippen LogP contribution in [0.3, 0.4) is 0 Å². The molecular weight excluding hydrogens is 486 g/mol. The molecule has 2 N–H and O–H groups in total. The van der Waals surface area contributed by atoms with Crippen LogP contribution in [0.15, 0.2) is 78.4 Å². The quantitative estimate of drug-likeness (QED) is 0.235. The number of carboxylic acids is 1. The maximum absolute atomic E-state index is 13.4. The average Bonchev–Trinajstić information content (AvgIpc) is 3.17. The number of aliphatic carboxylic acids is 1. The van der Waals surface area contributed by atoms with Gasteiger partial charge in [0.05, 0.1) is 31.8 Å². The first kappa shape index (κ1) is 26.5. The molecule has 0 spiro atoms. The first-order valence-electron chi connectivity index (χ1n) is 12.2. The van der Waals surface area contributed by atoms with E-state index in [0.29, 0.717) is 46.4 Å². The number of carbonyl (C=O) groups excluding carboxylic acids is 2. The summed E-state index contributed by atoms with van der Waals surface area (Å²) in [6.45, 7) is 4.53. The third kappa shape index (κ3) is 5.54. The lowest BCUT2D eigenvalue weighted by molar-refractivity contribution is -0.136. The van der Waals surface area contributed by atoms with E-state index in [1.165, 1.54) is 12.0 Å². The molecule has 8 heteroatoms. The number of amides is 1. The summed E-state index contributed by atoms with van der Waals surface area (Å²) < 4.78 is 11.0. The van der Waals surface area contributed by atoms with Gasteiger partial charge in [-0.25, -0.2) is 0 Å². The smallest absolute Gasteiger partial charge is 0.307 e. The van der Waals surface area contributed by atoms with E-state index in [4.69, 9.17) is 14.6 Å². The van der Waals surface area contributed by atoms with Crippen LogP contribution in [-0.4, -0.2) is 41.6 Å². The van der Waals surface area contributed by atoms with E-state index in [1.54, 1.807) is 72.8 Å². The zero-order chi connectivity index (χ0) is 27.4. The molecule has 1 amide bonds. The lowest BCUT2D eigenvalue weighted by Crippen LogP contribution is -2.29. The number of anilines is 1. The van der Waals surface area contributed by atoms with Crippen molar-refractivity contribution in [1.82, 2.24) is 0 Å². The van der Waals surface area contributed by atoms with Crippen molar-refractivity contribution in [1.29, 1.82) is 0 Å². The van der Waals surface area contributed by atoms with Crippen LogP contribution < -0.4 is 14.4 Å². The number of carboxylic acid groups (broad SMARTS) is 1. The van der Waals surface area contributed by atoms with Gasteiger partial charge >= 0.3 is 5.97 Å². The molecule has 3 aromatic carbocycles.